The molecule has 174 valence electrons. The largest absolute Gasteiger partial charge is 0.490 e. The lowest BCUT2D eigenvalue weighted by molar-refractivity contribution is -0.192. The zero-order valence-corrected chi connectivity index (χ0v) is 17.0. The number of ether oxygens (including phenoxy) is 2. The third kappa shape index (κ3) is 6.20. The van der Waals surface area contributed by atoms with Gasteiger partial charge in [-0.15, -0.1) is 0 Å². The lowest BCUT2D eigenvalue weighted by Crippen LogP contribution is -2.43. The van der Waals surface area contributed by atoms with Gasteiger partial charge in [-0.25, -0.2) is 4.79 Å². The van der Waals surface area contributed by atoms with Gasteiger partial charge in [0.2, 0.25) is 0 Å². The average Bonchev–Trinajstić information content (AvgIpc) is 3.43. The minimum Gasteiger partial charge on any atom is -0.475 e. The fourth-order valence-electron chi connectivity index (χ4n) is 4.38. The van der Waals surface area contributed by atoms with E-state index in [0.29, 0.717) is 18.2 Å². The van der Waals surface area contributed by atoms with Gasteiger partial charge in [-0.05, 0) is 30.9 Å². The summed E-state index contributed by atoms with van der Waals surface area (Å²) in [5, 5.41) is 10.2. The van der Waals surface area contributed by atoms with Crippen molar-refractivity contribution in [2.24, 2.45) is 17.3 Å². The zero-order chi connectivity index (χ0) is 22.5. The fraction of sp³-hybridized carbons (Fsp3) is 0.700. The van der Waals surface area contributed by atoms with Crippen LogP contribution in [0.25, 0.3) is 0 Å². The van der Waals surface area contributed by atoms with E-state index in [0.717, 1.165) is 52.0 Å². The number of amides is 1. The molecule has 8 nitrogen and oxygen atoms in total. The van der Waals surface area contributed by atoms with Crippen molar-refractivity contribution in [3.63, 3.8) is 0 Å². The fourth-order valence-corrected chi connectivity index (χ4v) is 4.38. The van der Waals surface area contributed by atoms with E-state index in [9.17, 15) is 18.0 Å². The summed E-state index contributed by atoms with van der Waals surface area (Å²) < 4.78 is 48.1. The quantitative estimate of drug-likeness (QED) is 0.711. The van der Waals surface area contributed by atoms with Crippen molar-refractivity contribution < 1.29 is 41.8 Å². The van der Waals surface area contributed by atoms with Crippen LogP contribution in [0.2, 0.25) is 0 Å². The molecule has 0 saturated carbocycles. The molecule has 1 amide bonds. The lowest BCUT2D eigenvalue weighted by Gasteiger charge is -2.30. The van der Waals surface area contributed by atoms with Gasteiger partial charge in [0, 0.05) is 50.7 Å². The van der Waals surface area contributed by atoms with Crippen molar-refractivity contribution in [2.75, 3.05) is 52.6 Å². The highest BCUT2D eigenvalue weighted by Gasteiger charge is 2.50. The van der Waals surface area contributed by atoms with E-state index >= 15 is 0 Å². The maximum absolute atomic E-state index is 12.2. The van der Waals surface area contributed by atoms with Crippen LogP contribution >= 0.6 is 0 Å². The number of hydrogen-bond acceptors (Lipinski definition) is 6. The first kappa shape index (κ1) is 23.6. The second-order valence-electron chi connectivity index (χ2n) is 8.29. The molecule has 0 aromatic carbocycles. The Kier molecular flexibility index (Phi) is 7.60. The summed E-state index contributed by atoms with van der Waals surface area (Å²) in [7, 11) is 0. The Balaban J connectivity index is 0.000000339. The normalized spacial score (nSPS) is 26.7. The molecule has 0 aliphatic carbocycles. The Hall–Kier alpha value is -2.11. The number of nitrogens with one attached hydrogen (secondary N) is 1. The monoisotopic (exact) mass is 448 g/mol. The Morgan fingerprint density at radius 2 is 1.97 bits per heavy atom. The summed E-state index contributed by atoms with van der Waals surface area (Å²) in [6.07, 6.45) is -1.22. The van der Waals surface area contributed by atoms with Crippen LogP contribution in [-0.2, 0) is 14.3 Å². The lowest BCUT2D eigenvalue weighted by atomic mass is 9.81. The maximum atomic E-state index is 12.2. The van der Waals surface area contributed by atoms with E-state index in [2.05, 4.69) is 10.2 Å². The molecule has 4 rings (SSSR count). The number of carboxylic acids is 1. The number of fused-ring (bicyclic) bond motifs is 1. The number of carboxylic acid groups (broad SMARTS) is 1. The van der Waals surface area contributed by atoms with Crippen LogP contribution in [0.5, 0.6) is 0 Å². The van der Waals surface area contributed by atoms with E-state index in [1.165, 1.54) is 19.1 Å². The molecule has 31 heavy (non-hydrogen) atoms. The molecule has 0 unspecified atom stereocenters. The van der Waals surface area contributed by atoms with Crippen molar-refractivity contribution in [3.05, 3.63) is 24.2 Å². The number of aliphatic carboxylic acids is 1. The highest BCUT2D eigenvalue weighted by Crippen LogP contribution is 2.41. The zero-order valence-electron chi connectivity index (χ0n) is 17.0. The van der Waals surface area contributed by atoms with E-state index in [1.807, 2.05) is 0 Å². The van der Waals surface area contributed by atoms with Crippen LogP contribution in [0.3, 0.4) is 0 Å². The van der Waals surface area contributed by atoms with Crippen LogP contribution in [0, 0.1) is 17.3 Å². The van der Waals surface area contributed by atoms with E-state index in [-0.39, 0.29) is 11.3 Å². The van der Waals surface area contributed by atoms with Gasteiger partial charge in [0.05, 0.1) is 19.5 Å². The molecule has 0 bridgehead atoms. The Morgan fingerprint density at radius 1 is 1.26 bits per heavy atom. The molecular weight excluding hydrogens is 421 g/mol. The van der Waals surface area contributed by atoms with Crippen molar-refractivity contribution in [2.45, 2.75) is 19.0 Å². The van der Waals surface area contributed by atoms with Crippen molar-refractivity contribution in [3.8, 4) is 0 Å². The minimum absolute atomic E-state index is 0.0490. The summed E-state index contributed by atoms with van der Waals surface area (Å²) in [6, 6.07) is 3.43. The summed E-state index contributed by atoms with van der Waals surface area (Å²) in [6.45, 7) is 7.22. The molecule has 2 atom stereocenters. The number of rotatable bonds is 5. The number of carbonyl (C=O) groups is 2. The molecule has 0 spiro atoms. The van der Waals surface area contributed by atoms with Crippen LogP contribution in [0.15, 0.2) is 22.8 Å². The van der Waals surface area contributed by atoms with Crippen LogP contribution < -0.4 is 5.32 Å². The summed E-state index contributed by atoms with van der Waals surface area (Å²) in [4.78, 5) is 23.6. The third-order valence-electron chi connectivity index (χ3n) is 6.04. The number of halogens is 3. The number of carbonyl (C=O) groups excluding carboxylic acids is 1. The molecule has 4 heterocycles. The molecule has 1 aromatic rings. The second-order valence-corrected chi connectivity index (χ2v) is 8.29. The number of furan rings is 1. The van der Waals surface area contributed by atoms with Gasteiger partial charge < -0.3 is 29.2 Å². The average molecular weight is 448 g/mol. The predicted octanol–water partition coefficient (Wildman–Crippen LogP) is 2.02. The number of likely N-dealkylation sites (tertiary alicyclic amines) is 1. The Morgan fingerprint density at radius 3 is 2.58 bits per heavy atom. The molecule has 11 heteroatoms. The highest BCUT2D eigenvalue weighted by molar-refractivity contribution is 5.91. The van der Waals surface area contributed by atoms with Gasteiger partial charge in [0.15, 0.2) is 5.76 Å². The SMILES string of the molecule is O=C(NC[C@]12COC[C@H]1CN(CC1CCOCC1)C2)c1ccco1.O=C(O)C(F)(F)F. The van der Waals surface area contributed by atoms with Crippen molar-refractivity contribution >= 4 is 11.9 Å². The van der Waals surface area contributed by atoms with Gasteiger partial charge in [-0.2, -0.15) is 13.2 Å². The summed E-state index contributed by atoms with van der Waals surface area (Å²) in [5.41, 5.74) is 0.0490. The minimum atomic E-state index is -5.08. The van der Waals surface area contributed by atoms with Crippen molar-refractivity contribution in [1.82, 2.24) is 10.2 Å². The molecule has 1 aromatic heterocycles. The number of nitrogens with zero attached hydrogens (tertiary/aromatic N) is 1. The molecule has 2 N–H and O–H groups in total. The Bertz CT molecular complexity index is 736. The van der Waals surface area contributed by atoms with Gasteiger partial charge in [-0.3, -0.25) is 4.79 Å². The van der Waals surface area contributed by atoms with E-state index in [1.54, 1.807) is 12.1 Å². The van der Waals surface area contributed by atoms with E-state index < -0.39 is 12.1 Å². The number of alkyl halides is 3. The third-order valence-corrected chi connectivity index (χ3v) is 6.04. The first-order valence-electron chi connectivity index (χ1n) is 10.2. The smallest absolute Gasteiger partial charge is 0.475 e. The summed E-state index contributed by atoms with van der Waals surface area (Å²) >= 11 is 0. The van der Waals surface area contributed by atoms with Gasteiger partial charge in [-0.1, -0.05) is 0 Å². The van der Waals surface area contributed by atoms with E-state index in [4.69, 9.17) is 23.8 Å². The van der Waals surface area contributed by atoms with Crippen LogP contribution in [-0.4, -0.2) is 80.7 Å². The number of hydrogen-bond donors (Lipinski definition) is 2. The van der Waals surface area contributed by atoms with Crippen LogP contribution in [0.1, 0.15) is 23.4 Å². The molecule has 0 radical (unpaired) electrons. The van der Waals surface area contributed by atoms with Gasteiger partial charge in [0.1, 0.15) is 0 Å². The second kappa shape index (κ2) is 10.0. The molecule has 3 fully saturated rings. The molecular formula is C20H27F3N2O6. The Labute approximate surface area is 177 Å². The first-order chi connectivity index (χ1) is 14.7. The van der Waals surface area contributed by atoms with Gasteiger partial charge in [0.25, 0.3) is 5.91 Å². The van der Waals surface area contributed by atoms with Gasteiger partial charge >= 0.3 is 12.1 Å². The van der Waals surface area contributed by atoms with Crippen molar-refractivity contribution in [1.29, 1.82) is 0 Å². The topological polar surface area (TPSA) is 101 Å². The standard InChI is InChI=1S/C18H26N2O4.C2HF3O2/c21-17(16-2-1-5-24-16)19-11-18-12-20(9-15(18)10-23-13-18)8-14-3-6-22-7-4-14;3-2(4,5)1(6)7/h1-2,5,14-15H,3-4,6-13H2,(H,19,21);(H,6,7)/t15-,18+;/m1./s1. The highest BCUT2D eigenvalue weighted by atomic mass is 19.4. The maximum Gasteiger partial charge on any atom is 0.490 e. The summed E-state index contributed by atoms with van der Waals surface area (Å²) in [5.74, 6) is -1.27. The molecule has 3 aliphatic heterocycles. The molecule has 3 aliphatic rings. The first-order valence-corrected chi connectivity index (χ1v) is 10.2. The predicted molar refractivity (Wildman–Crippen MR) is 101 cm³/mol. The van der Waals surface area contributed by atoms with Crippen LogP contribution in [0.4, 0.5) is 13.2 Å². The molecule has 3 saturated heterocycles.